The minimum absolute atomic E-state index is 0.454. The first kappa shape index (κ1) is 17.4. The van der Waals surface area contributed by atoms with Crippen molar-refractivity contribution >= 4 is 5.96 Å². The second-order valence-corrected chi connectivity index (χ2v) is 7.38. The van der Waals surface area contributed by atoms with E-state index in [1.54, 1.807) is 0 Å². The SMILES string of the molecule is CCNC(=NCC1CCOc2ccccc21)N1CCC(N2CC=CC2)C1. The number of nitrogens with zero attached hydrogens (tertiary/aromatic N) is 3. The zero-order valence-corrected chi connectivity index (χ0v) is 15.7. The average molecular weight is 354 g/mol. The maximum Gasteiger partial charge on any atom is 0.193 e. The van der Waals surface area contributed by atoms with Gasteiger partial charge in [0.1, 0.15) is 5.75 Å². The lowest BCUT2D eigenvalue weighted by molar-refractivity contribution is 0.259. The fourth-order valence-corrected chi connectivity index (χ4v) is 4.25. The number of benzene rings is 1. The zero-order valence-electron chi connectivity index (χ0n) is 15.7. The molecule has 0 radical (unpaired) electrons. The molecule has 0 aromatic heterocycles. The molecule has 26 heavy (non-hydrogen) atoms. The Bertz CT molecular complexity index is 664. The van der Waals surface area contributed by atoms with Crippen LogP contribution in [0.1, 0.15) is 31.2 Å². The van der Waals surface area contributed by atoms with Crippen molar-refractivity contribution in [1.29, 1.82) is 0 Å². The number of ether oxygens (including phenoxy) is 1. The number of rotatable bonds is 4. The lowest BCUT2D eigenvalue weighted by Crippen LogP contribution is -2.43. The highest BCUT2D eigenvalue weighted by molar-refractivity contribution is 5.80. The summed E-state index contributed by atoms with van der Waals surface area (Å²) in [7, 11) is 0. The van der Waals surface area contributed by atoms with Crippen LogP contribution in [0.3, 0.4) is 0 Å². The second kappa shape index (κ2) is 8.12. The van der Waals surface area contributed by atoms with E-state index in [1.807, 2.05) is 6.07 Å². The van der Waals surface area contributed by atoms with Gasteiger partial charge in [-0.3, -0.25) is 9.89 Å². The number of likely N-dealkylation sites (tertiary alicyclic amines) is 1. The van der Waals surface area contributed by atoms with Gasteiger partial charge in [-0.25, -0.2) is 0 Å². The largest absolute Gasteiger partial charge is 0.493 e. The van der Waals surface area contributed by atoms with Crippen molar-refractivity contribution in [3.63, 3.8) is 0 Å². The molecule has 3 aliphatic heterocycles. The quantitative estimate of drug-likeness (QED) is 0.512. The molecule has 5 nitrogen and oxygen atoms in total. The summed E-state index contributed by atoms with van der Waals surface area (Å²) in [6, 6.07) is 9.06. The van der Waals surface area contributed by atoms with Gasteiger partial charge in [0.2, 0.25) is 0 Å². The van der Waals surface area contributed by atoms with E-state index in [0.29, 0.717) is 12.0 Å². The number of guanidine groups is 1. The first-order chi connectivity index (χ1) is 12.8. The van der Waals surface area contributed by atoms with Crippen LogP contribution >= 0.6 is 0 Å². The monoisotopic (exact) mass is 354 g/mol. The summed E-state index contributed by atoms with van der Waals surface area (Å²) in [5, 5.41) is 3.51. The smallest absolute Gasteiger partial charge is 0.193 e. The standard InChI is InChI=1S/C21H30N4O/c1-2-22-21(25-13-9-18(16-25)24-11-5-6-12-24)23-15-17-10-14-26-20-8-4-3-7-19(17)20/h3-8,17-18H,2,9-16H2,1H3,(H,22,23). The highest BCUT2D eigenvalue weighted by Crippen LogP contribution is 2.33. The Labute approximate surface area is 156 Å². The molecule has 1 aromatic carbocycles. The van der Waals surface area contributed by atoms with Crippen LogP contribution in [-0.2, 0) is 0 Å². The summed E-state index contributed by atoms with van der Waals surface area (Å²) in [5.41, 5.74) is 1.31. The van der Waals surface area contributed by atoms with Crippen molar-refractivity contribution in [2.45, 2.75) is 31.7 Å². The Kier molecular flexibility index (Phi) is 5.44. The summed E-state index contributed by atoms with van der Waals surface area (Å²) in [5.74, 6) is 2.56. The van der Waals surface area contributed by atoms with Gasteiger partial charge in [0.15, 0.2) is 5.96 Å². The molecule has 1 N–H and O–H groups in total. The number of hydrogen-bond donors (Lipinski definition) is 1. The molecule has 1 aromatic rings. The van der Waals surface area contributed by atoms with E-state index < -0.39 is 0 Å². The molecule has 0 saturated carbocycles. The Hall–Kier alpha value is -2.01. The van der Waals surface area contributed by atoms with Crippen LogP contribution in [0.2, 0.25) is 0 Å². The summed E-state index contributed by atoms with van der Waals surface area (Å²) in [6.45, 7) is 9.06. The van der Waals surface area contributed by atoms with Crippen molar-refractivity contribution in [3.05, 3.63) is 42.0 Å². The van der Waals surface area contributed by atoms with E-state index in [2.05, 4.69) is 52.4 Å². The van der Waals surface area contributed by atoms with Gasteiger partial charge in [-0.05, 0) is 31.4 Å². The van der Waals surface area contributed by atoms with Crippen molar-refractivity contribution in [3.8, 4) is 5.75 Å². The maximum atomic E-state index is 5.79. The lowest BCUT2D eigenvalue weighted by Gasteiger charge is -2.27. The Balaban J connectivity index is 1.42. The highest BCUT2D eigenvalue weighted by atomic mass is 16.5. The molecule has 3 aliphatic rings. The fourth-order valence-electron chi connectivity index (χ4n) is 4.25. The first-order valence-electron chi connectivity index (χ1n) is 9.99. The van der Waals surface area contributed by atoms with Gasteiger partial charge in [-0.15, -0.1) is 0 Å². The fraction of sp³-hybridized carbons (Fsp3) is 0.571. The molecule has 4 rings (SSSR count). The number of fused-ring (bicyclic) bond motifs is 1. The van der Waals surface area contributed by atoms with Crippen LogP contribution in [0.25, 0.3) is 0 Å². The summed E-state index contributed by atoms with van der Waals surface area (Å²) < 4.78 is 5.79. The van der Waals surface area contributed by atoms with Gasteiger partial charge in [0, 0.05) is 51.2 Å². The van der Waals surface area contributed by atoms with E-state index in [0.717, 1.165) is 64.0 Å². The van der Waals surface area contributed by atoms with E-state index in [9.17, 15) is 0 Å². The molecule has 5 heteroatoms. The Morgan fingerprint density at radius 3 is 2.92 bits per heavy atom. The van der Waals surface area contributed by atoms with Crippen LogP contribution in [0.15, 0.2) is 41.4 Å². The molecular formula is C21H30N4O. The molecule has 140 valence electrons. The van der Waals surface area contributed by atoms with Gasteiger partial charge < -0.3 is 15.0 Å². The Morgan fingerprint density at radius 1 is 1.23 bits per heavy atom. The van der Waals surface area contributed by atoms with Crippen LogP contribution in [-0.4, -0.2) is 67.7 Å². The molecule has 0 aliphatic carbocycles. The predicted molar refractivity (Wildman–Crippen MR) is 106 cm³/mol. The van der Waals surface area contributed by atoms with Crippen LogP contribution in [0.4, 0.5) is 0 Å². The van der Waals surface area contributed by atoms with E-state index >= 15 is 0 Å². The minimum Gasteiger partial charge on any atom is -0.493 e. The molecule has 2 unspecified atom stereocenters. The average Bonchev–Trinajstić information content (AvgIpc) is 3.36. The van der Waals surface area contributed by atoms with Gasteiger partial charge in [0.25, 0.3) is 0 Å². The normalized spacial score (nSPS) is 26.0. The summed E-state index contributed by atoms with van der Waals surface area (Å²) in [6.07, 6.45) is 6.84. The minimum atomic E-state index is 0.454. The van der Waals surface area contributed by atoms with Gasteiger partial charge >= 0.3 is 0 Å². The van der Waals surface area contributed by atoms with E-state index in [1.165, 1.54) is 12.0 Å². The molecule has 1 fully saturated rings. The van der Waals surface area contributed by atoms with Crippen molar-refractivity contribution in [2.24, 2.45) is 4.99 Å². The zero-order chi connectivity index (χ0) is 17.8. The van der Waals surface area contributed by atoms with Gasteiger partial charge in [-0.2, -0.15) is 0 Å². The second-order valence-electron chi connectivity index (χ2n) is 7.38. The Morgan fingerprint density at radius 2 is 2.08 bits per heavy atom. The lowest BCUT2D eigenvalue weighted by atomic mass is 9.93. The van der Waals surface area contributed by atoms with Crippen molar-refractivity contribution in [1.82, 2.24) is 15.1 Å². The van der Waals surface area contributed by atoms with Crippen LogP contribution < -0.4 is 10.1 Å². The third-order valence-corrected chi connectivity index (χ3v) is 5.70. The molecular weight excluding hydrogens is 324 g/mol. The van der Waals surface area contributed by atoms with E-state index in [-0.39, 0.29) is 0 Å². The molecule has 3 heterocycles. The van der Waals surface area contributed by atoms with Crippen LogP contribution in [0, 0.1) is 0 Å². The number of hydrogen-bond acceptors (Lipinski definition) is 3. The topological polar surface area (TPSA) is 40.1 Å². The van der Waals surface area contributed by atoms with E-state index in [4.69, 9.17) is 9.73 Å². The van der Waals surface area contributed by atoms with Crippen LogP contribution in [0.5, 0.6) is 5.75 Å². The number of para-hydroxylation sites is 1. The first-order valence-corrected chi connectivity index (χ1v) is 9.99. The van der Waals surface area contributed by atoms with Gasteiger partial charge in [0.05, 0.1) is 6.61 Å². The van der Waals surface area contributed by atoms with Crippen molar-refractivity contribution in [2.75, 3.05) is 45.9 Å². The summed E-state index contributed by atoms with van der Waals surface area (Å²) in [4.78, 5) is 10.0. The molecule has 1 saturated heterocycles. The third kappa shape index (κ3) is 3.73. The third-order valence-electron chi connectivity index (χ3n) is 5.70. The molecule has 0 bridgehead atoms. The van der Waals surface area contributed by atoms with Gasteiger partial charge in [-0.1, -0.05) is 30.4 Å². The molecule has 0 amide bonds. The van der Waals surface area contributed by atoms with Crippen molar-refractivity contribution < 1.29 is 4.74 Å². The summed E-state index contributed by atoms with van der Waals surface area (Å²) >= 11 is 0. The number of nitrogens with one attached hydrogen (secondary N) is 1. The highest BCUT2D eigenvalue weighted by Gasteiger charge is 2.30. The number of aliphatic imine (C=N–C) groups is 1. The predicted octanol–water partition coefficient (Wildman–Crippen LogP) is 2.46. The maximum absolute atomic E-state index is 5.79. The molecule has 0 spiro atoms. The molecule has 2 atom stereocenters.